The molecule has 0 atom stereocenters. The maximum atomic E-state index is 13.7. The number of hydrogen-bond acceptors (Lipinski definition) is 3. The number of alkyl halides is 4. The van der Waals surface area contributed by atoms with E-state index in [2.05, 4.69) is 9.47 Å². The third-order valence-corrected chi connectivity index (χ3v) is 3.38. The molecule has 8 heteroatoms. The largest absolute Gasteiger partial charge is 0.540 e. The molecule has 2 aromatic rings. The van der Waals surface area contributed by atoms with Crippen LogP contribution in [0.1, 0.15) is 15.9 Å². The van der Waals surface area contributed by atoms with Gasteiger partial charge < -0.3 is 4.74 Å². The second kappa shape index (κ2) is 5.21. The van der Waals surface area contributed by atoms with Gasteiger partial charge in [0.25, 0.3) is 0 Å². The average molecular weight is 347 g/mol. The van der Waals surface area contributed by atoms with Crippen molar-refractivity contribution in [1.29, 1.82) is 0 Å². The van der Waals surface area contributed by atoms with Crippen molar-refractivity contribution in [3.8, 4) is 16.9 Å². The van der Waals surface area contributed by atoms with Gasteiger partial charge in [-0.3, -0.25) is 4.79 Å². The molecule has 1 aliphatic heterocycles. The molecular weight excluding hydrogens is 340 g/mol. The fraction of sp³-hybridized carbons (Fsp3) is 0.133. The van der Waals surface area contributed by atoms with Crippen molar-refractivity contribution in [2.45, 2.75) is 12.4 Å². The van der Waals surface area contributed by atoms with E-state index >= 15 is 0 Å². The zero-order valence-electron chi connectivity index (χ0n) is 11.2. The Morgan fingerprint density at radius 2 is 1.74 bits per heavy atom. The summed E-state index contributed by atoms with van der Waals surface area (Å²) < 4.78 is 60.9. The van der Waals surface area contributed by atoms with Gasteiger partial charge in [0.1, 0.15) is 12.0 Å². The van der Waals surface area contributed by atoms with E-state index in [0.717, 1.165) is 12.1 Å². The Hall–Kier alpha value is -2.12. The van der Waals surface area contributed by atoms with Crippen molar-refractivity contribution >= 4 is 17.9 Å². The molecule has 23 heavy (non-hydrogen) atoms. The number of fused-ring (bicyclic) bond motifs is 1. The zero-order chi connectivity index (χ0) is 16.8. The van der Waals surface area contributed by atoms with Crippen LogP contribution < -0.4 is 4.74 Å². The van der Waals surface area contributed by atoms with E-state index in [9.17, 15) is 22.4 Å². The number of halogens is 5. The first-order valence-corrected chi connectivity index (χ1v) is 6.63. The number of carbonyl (C=O) groups is 1. The fourth-order valence-electron chi connectivity index (χ4n) is 2.23. The molecule has 0 saturated heterocycles. The highest BCUT2D eigenvalue weighted by Crippen LogP contribution is 2.47. The molecule has 2 aromatic carbocycles. The quantitative estimate of drug-likeness (QED) is 0.577. The predicted molar refractivity (Wildman–Crippen MR) is 72.8 cm³/mol. The van der Waals surface area contributed by atoms with Crippen LogP contribution in [0, 0.1) is 0 Å². The smallest absolute Gasteiger partial charge is 0.409 e. The maximum absolute atomic E-state index is 13.7. The van der Waals surface area contributed by atoms with Crippen molar-refractivity contribution in [3.63, 3.8) is 0 Å². The van der Waals surface area contributed by atoms with Crippen LogP contribution in [-0.2, 0) is 10.8 Å². The predicted octanol–water partition coefficient (Wildman–Crippen LogP) is 4.83. The molecule has 1 heterocycles. The molecule has 3 nitrogen and oxygen atoms in total. The highest BCUT2D eigenvalue weighted by molar-refractivity contribution is 6.31. The molecule has 120 valence electrons. The highest BCUT2D eigenvalue weighted by atomic mass is 35.5. The molecule has 0 N–H and O–H groups in total. The lowest BCUT2D eigenvalue weighted by Crippen LogP contribution is -2.41. The van der Waals surface area contributed by atoms with Crippen LogP contribution in [-0.4, -0.2) is 12.6 Å². The minimum atomic E-state index is -4.42. The Balaban J connectivity index is 2.12. The number of ether oxygens (including phenoxy) is 2. The van der Waals surface area contributed by atoms with Crippen molar-refractivity contribution in [2.75, 3.05) is 0 Å². The number of hydrogen-bond donors (Lipinski definition) is 0. The van der Waals surface area contributed by atoms with Gasteiger partial charge in [0.05, 0.1) is 5.56 Å². The van der Waals surface area contributed by atoms with Crippen LogP contribution in [0.2, 0.25) is 5.02 Å². The van der Waals surface area contributed by atoms with Gasteiger partial charge in [0.15, 0.2) is 0 Å². The SMILES string of the molecule is O=Cc1cc(Cl)cc(-c2ccc3c(c2)C(F)(F)OC(F)(F)O3)c1. The van der Waals surface area contributed by atoms with E-state index in [0.29, 0.717) is 11.8 Å². The summed E-state index contributed by atoms with van der Waals surface area (Å²) in [6.07, 6.45) is -8.09. The number of aldehydes is 1. The first-order chi connectivity index (χ1) is 10.7. The maximum Gasteiger partial charge on any atom is 0.540 e. The monoisotopic (exact) mass is 346 g/mol. The van der Waals surface area contributed by atoms with E-state index < -0.39 is 23.7 Å². The average Bonchev–Trinajstić information content (AvgIpc) is 2.44. The van der Waals surface area contributed by atoms with Gasteiger partial charge in [-0.15, -0.1) is 8.78 Å². The second-order valence-corrected chi connectivity index (χ2v) is 5.22. The molecule has 0 saturated carbocycles. The minimum absolute atomic E-state index is 0.230. The summed E-state index contributed by atoms with van der Waals surface area (Å²) in [7, 11) is 0. The van der Waals surface area contributed by atoms with Gasteiger partial charge >= 0.3 is 12.4 Å². The van der Waals surface area contributed by atoms with Crippen LogP contribution in [0.25, 0.3) is 11.1 Å². The summed E-state index contributed by atoms with van der Waals surface area (Å²) in [5.74, 6) is -0.687. The van der Waals surface area contributed by atoms with Gasteiger partial charge in [-0.05, 0) is 41.5 Å². The molecule has 0 radical (unpaired) electrons. The molecule has 1 aliphatic rings. The van der Waals surface area contributed by atoms with Crippen molar-refractivity contribution in [2.24, 2.45) is 0 Å². The molecule has 0 unspecified atom stereocenters. The Labute approximate surface area is 132 Å². The zero-order valence-corrected chi connectivity index (χ0v) is 11.9. The molecule has 0 bridgehead atoms. The molecule has 0 aliphatic carbocycles. The van der Waals surface area contributed by atoms with Crippen molar-refractivity contribution in [3.05, 3.63) is 52.5 Å². The first kappa shape index (κ1) is 15.8. The molecule has 0 spiro atoms. The molecule has 0 amide bonds. The van der Waals surface area contributed by atoms with Crippen LogP contribution in [0.15, 0.2) is 36.4 Å². The molecule has 0 aromatic heterocycles. The molecule has 0 fully saturated rings. The number of carbonyl (C=O) groups excluding carboxylic acids is 1. The van der Waals surface area contributed by atoms with E-state index in [1.165, 1.54) is 24.3 Å². The normalized spacial score (nSPS) is 18.0. The van der Waals surface area contributed by atoms with Crippen LogP contribution in [0.3, 0.4) is 0 Å². The van der Waals surface area contributed by atoms with Crippen LogP contribution >= 0.6 is 11.6 Å². The number of rotatable bonds is 2. The van der Waals surface area contributed by atoms with E-state index in [1.54, 1.807) is 0 Å². The summed E-state index contributed by atoms with van der Waals surface area (Å²) in [5.41, 5.74) is 0.0199. The third kappa shape index (κ3) is 3.02. The summed E-state index contributed by atoms with van der Waals surface area (Å²) in [5, 5.41) is 0.230. The van der Waals surface area contributed by atoms with E-state index in [-0.39, 0.29) is 16.1 Å². The number of benzene rings is 2. The van der Waals surface area contributed by atoms with Crippen LogP contribution in [0.5, 0.6) is 5.75 Å². The lowest BCUT2D eigenvalue weighted by molar-refractivity contribution is -0.461. The first-order valence-electron chi connectivity index (χ1n) is 6.26. The Morgan fingerprint density at radius 3 is 2.43 bits per heavy atom. The second-order valence-electron chi connectivity index (χ2n) is 4.79. The fourth-order valence-corrected chi connectivity index (χ4v) is 2.47. The minimum Gasteiger partial charge on any atom is -0.409 e. The molecule has 3 rings (SSSR count). The van der Waals surface area contributed by atoms with Gasteiger partial charge in [0.2, 0.25) is 0 Å². The topological polar surface area (TPSA) is 35.5 Å². The summed E-state index contributed by atoms with van der Waals surface area (Å²) in [4.78, 5) is 10.8. The highest BCUT2D eigenvalue weighted by Gasteiger charge is 2.54. The Morgan fingerprint density at radius 1 is 1.00 bits per heavy atom. The van der Waals surface area contributed by atoms with Crippen molar-refractivity contribution in [1.82, 2.24) is 0 Å². The van der Waals surface area contributed by atoms with Gasteiger partial charge in [0, 0.05) is 10.6 Å². The third-order valence-electron chi connectivity index (χ3n) is 3.16. The van der Waals surface area contributed by atoms with E-state index in [4.69, 9.17) is 11.6 Å². The summed E-state index contributed by atoms with van der Waals surface area (Å²) in [6, 6.07) is 7.52. The van der Waals surface area contributed by atoms with E-state index in [1.807, 2.05) is 0 Å². The lowest BCUT2D eigenvalue weighted by atomic mass is 10.00. The van der Waals surface area contributed by atoms with Gasteiger partial charge in [-0.2, -0.15) is 8.78 Å². The summed E-state index contributed by atoms with van der Waals surface area (Å²) >= 11 is 5.86. The van der Waals surface area contributed by atoms with Gasteiger partial charge in [-0.1, -0.05) is 17.7 Å². The lowest BCUT2D eigenvalue weighted by Gasteiger charge is -2.30. The van der Waals surface area contributed by atoms with Crippen LogP contribution in [0.4, 0.5) is 17.6 Å². The van der Waals surface area contributed by atoms with Gasteiger partial charge in [-0.25, -0.2) is 4.74 Å². The standard InChI is InChI=1S/C15H7ClF4O3/c16-11-4-8(7-21)3-10(5-11)9-1-2-13-12(6-9)14(17,18)23-15(19,20)22-13/h1-7H. The Kier molecular flexibility index (Phi) is 3.57. The Bertz CT molecular complexity index is 792. The summed E-state index contributed by atoms with van der Waals surface area (Å²) in [6.45, 7) is 0. The van der Waals surface area contributed by atoms with Crippen molar-refractivity contribution < 1.29 is 31.8 Å². The molecular formula is C15H7ClF4O3.